The van der Waals surface area contributed by atoms with E-state index in [1.165, 1.54) is 0 Å². The maximum Gasteiger partial charge on any atom is 0.258 e. The largest absolute Gasteiger partial charge is 0.399 e. The first-order valence-electron chi connectivity index (χ1n) is 5.89. The molecule has 3 nitrogen and oxygen atoms in total. The number of anilines is 2. The second-order valence-corrected chi connectivity index (χ2v) is 5.33. The number of rotatable bonds is 2. The van der Waals surface area contributed by atoms with Gasteiger partial charge in [-0.15, -0.1) is 0 Å². The van der Waals surface area contributed by atoms with E-state index in [4.69, 9.17) is 5.73 Å². The number of carbonyl (C=O) groups excluding carboxylic acids is 1. The van der Waals surface area contributed by atoms with Crippen LogP contribution < -0.4 is 10.6 Å². The molecule has 0 unspecified atom stereocenters. The molecule has 0 saturated heterocycles. The molecule has 0 atom stereocenters. The molecule has 0 bridgehead atoms. The van der Waals surface area contributed by atoms with Gasteiger partial charge < -0.3 is 10.6 Å². The van der Waals surface area contributed by atoms with E-state index in [2.05, 4.69) is 15.9 Å². The predicted molar refractivity (Wildman–Crippen MR) is 82.5 cm³/mol. The molecule has 0 aliphatic rings. The summed E-state index contributed by atoms with van der Waals surface area (Å²) in [4.78, 5) is 14.1. The number of nitrogen functional groups attached to an aromatic ring is 1. The van der Waals surface area contributed by atoms with Gasteiger partial charge in [0.25, 0.3) is 5.91 Å². The number of amides is 1. The first kappa shape index (κ1) is 13.6. The Kier molecular flexibility index (Phi) is 3.90. The van der Waals surface area contributed by atoms with Crippen LogP contribution in [0.2, 0.25) is 0 Å². The number of benzene rings is 2. The minimum absolute atomic E-state index is 0.0457. The standard InChI is InChI=1S/C15H15BrN2O/c1-10-8-11(16)6-7-14(10)15(19)18(2)13-5-3-4-12(17)9-13/h3-9H,17H2,1-2H3. The topological polar surface area (TPSA) is 46.3 Å². The number of halogens is 1. The van der Waals surface area contributed by atoms with Crippen molar-refractivity contribution >= 4 is 33.2 Å². The zero-order chi connectivity index (χ0) is 14.0. The van der Waals surface area contributed by atoms with E-state index < -0.39 is 0 Å². The van der Waals surface area contributed by atoms with Crippen LogP contribution in [0.5, 0.6) is 0 Å². The van der Waals surface area contributed by atoms with Gasteiger partial charge in [0.1, 0.15) is 0 Å². The molecular weight excluding hydrogens is 304 g/mol. The lowest BCUT2D eigenvalue weighted by Crippen LogP contribution is -2.26. The summed E-state index contributed by atoms with van der Waals surface area (Å²) >= 11 is 3.40. The normalized spacial score (nSPS) is 10.3. The zero-order valence-corrected chi connectivity index (χ0v) is 12.4. The summed E-state index contributed by atoms with van der Waals surface area (Å²) in [6, 6.07) is 12.9. The molecule has 0 heterocycles. The highest BCUT2D eigenvalue weighted by molar-refractivity contribution is 9.10. The highest BCUT2D eigenvalue weighted by atomic mass is 79.9. The van der Waals surface area contributed by atoms with Crippen molar-refractivity contribution < 1.29 is 4.79 Å². The fourth-order valence-electron chi connectivity index (χ4n) is 1.90. The average Bonchev–Trinajstić information content (AvgIpc) is 2.37. The van der Waals surface area contributed by atoms with Crippen LogP contribution in [0.1, 0.15) is 15.9 Å². The van der Waals surface area contributed by atoms with Crippen molar-refractivity contribution in [3.05, 3.63) is 58.1 Å². The van der Waals surface area contributed by atoms with Gasteiger partial charge in [-0.3, -0.25) is 4.79 Å². The van der Waals surface area contributed by atoms with Crippen LogP contribution in [-0.2, 0) is 0 Å². The van der Waals surface area contributed by atoms with Crippen LogP contribution in [0.15, 0.2) is 46.9 Å². The third kappa shape index (κ3) is 2.96. The number of nitrogens with two attached hydrogens (primary N) is 1. The van der Waals surface area contributed by atoms with Crippen LogP contribution in [-0.4, -0.2) is 13.0 Å². The zero-order valence-electron chi connectivity index (χ0n) is 10.9. The molecule has 1 amide bonds. The van der Waals surface area contributed by atoms with Gasteiger partial charge in [-0.05, 0) is 48.9 Å². The maximum atomic E-state index is 12.5. The van der Waals surface area contributed by atoms with Crippen LogP contribution in [0, 0.1) is 6.92 Å². The Morgan fingerprint density at radius 1 is 1.21 bits per heavy atom. The monoisotopic (exact) mass is 318 g/mol. The Morgan fingerprint density at radius 2 is 1.95 bits per heavy atom. The molecule has 2 aromatic rings. The van der Waals surface area contributed by atoms with E-state index >= 15 is 0 Å². The van der Waals surface area contributed by atoms with Crippen molar-refractivity contribution in [3.63, 3.8) is 0 Å². The second-order valence-electron chi connectivity index (χ2n) is 4.42. The van der Waals surface area contributed by atoms with Crippen molar-refractivity contribution in [1.29, 1.82) is 0 Å². The van der Waals surface area contributed by atoms with E-state index in [1.54, 1.807) is 24.1 Å². The number of hydrogen-bond donors (Lipinski definition) is 1. The molecule has 19 heavy (non-hydrogen) atoms. The molecule has 2 rings (SSSR count). The van der Waals surface area contributed by atoms with Crippen molar-refractivity contribution in [2.24, 2.45) is 0 Å². The van der Waals surface area contributed by atoms with Crippen molar-refractivity contribution in [1.82, 2.24) is 0 Å². The number of hydrogen-bond acceptors (Lipinski definition) is 2. The van der Waals surface area contributed by atoms with E-state index in [0.717, 1.165) is 15.7 Å². The average molecular weight is 319 g/mol. The van der Waals surface area contributed by atoms with Crippen LogP contribution >= 0.6 is 15.9 Å². The van der Waals surface area contributed by atoms with Crippen molar-refractivity contribution in [2.45, 2.75) is 6.92 Å². The lowest BCUT2D eigenvalue weighted by atomic mass is 10.1. The Bertz CT molecular complexity index is 625. The quantitative estimate of drug-likeness (QED) is 0.860. The molecule has 0 radical (unpaired) electrons. The first-order chi connectivity index (χ1) is 8.99. The third-order valence-corrected chi connectivity index (χ3v) is 3.47. The highest BCUT2D eigenvalue weighted by Gasteiger charge is 2.15. The van der Waals surface area contributed by atoms with Gasteiger partial charge in [0.2, 0.25) is 0 Å². The van der Waals surface area contributed by atoms with E-state index in [0.29, 0.717) is 11.3 Å². The molecular formula is C15H15BrN2O. The van der Waals surface area contributed by atoms with Crippen LogP contribution in [0.3, 0.4) is 0 Å². The van der Waals surface area contributed by atoms with Gasteiger partial charge in [0.15, 0.2) is 0 Å². The summed E-state index contributed by atoms with van der Waals surface area (Å²) in [6.07, 6.45) is 0. The second kappa shape index (κ2) is 5.45. The van der Waals surface area contributed by atoms with Crippen molar-refractivity contribution in [2.75, 3.05) is 17.7 Å². The fraction of sp³-hybridized carbons (Fsp3) is 0.133. The lowest BCUT2D eigenvalue weighted by molar-refractivity contribution is 0.0992. The van der Waals surface area contributed by atoms with Gasteiger partial charge in [0, 0.05) is 28.5 Å². The van der Waals surface area contributed by atoms with E-state index in [1.807, 2.05) is 37.3 Å². The summed E-state index contributed by atoms with van der Waals surface area (Å²) in [5, 5.41) is 0. The highest BCUT2D eigenvalue weighted by Crippen LogP contribution is 2.21. The molecule has 0 spiro atoms. The molecule has 4 heteroatoms. The summed E-state index contributed by atoms with van der Waals surface area (Å²) in [6.45, 7) is 1.92. The van der Waals surface area contributed by atoms with Gasteiger partial charge in [0.05, 0.1) is 0 Å². The molecule has 0 fully saturated rings. The molecule has 0 aliphatic carbocycles. The maximum absolute atomic E-state index is 12.5. The van der Waals surface area contributed by atoms with Gasteiger partial charge in [-0.1, -0.05) is 22.0 Å². The SMILES string of the molecule is Cc1cc(Br)ccc1C(=O)N(C)c1cccc(N)c1. The summed E-state index contributed by atoms with van der Waals surface area (Å²) in [5.74, 6) is -0.0457. The van der Waals surface area contributed by atoms with E-state index in [9.17, 15) is 4.79 Å². The predicted octanol–water partition coefficient (Wildman–Crippen LogP) is 3.62. The Hall–Kier alpha value is -1.81. The van der Waals surface area contributed by atoms with Gasteiger partial charge in [-0.25, -0.2) is 0 Å². The third-order valence-electron chi connectivity index (χ3n) is 2.98. The Labute approximate surface area is 121 Å². The molecule has 2 N–H and O–H groups in total. The summed E-state index contributed by atoms with van der Waals surface area (Å²) in [7, 11) is 1.75. The summed E-state index contributed by atoms with van der Waals surface area (Å²) < 4.78 is 0.966. The molecule has 2 aromatic carbocycles. The van der Waals surface area contributed by atoms with Gasteiger partial charge in [-0.2, -0.15) is 0 Å². The lowest BCUT2D eigenvalue weighted by Gasteiger charge is -2.19. The molecule has 0 aliphatic heterocycles. The smallest absolute Gasteiger partial charge is 0.258 e. The summed E-state index contributed by atoms with van der Waals surface area (Å²) in [5.41, 5.74) is 8.80. The number of carbonyl (C=O) groups is 1. The molecule has 98 valence electrons. The molecule has 0 aromatic heterocycles. The van der Waals surface area contributed by atoms with E-state index in [-0.39, 0.29) is 5.91 Å². The fourth-order valence-corrected chi connectivity index (χ4v) is 2.37. The van der Waals surface area contributed by atoms with Gasteiger partial charge >= 0.3 is 0 Å². The van der Waals surface area contributed by atoms with Crippen LogP contribution in [0.25, 0.3) is 0 Å². The molecule has 0 saturated carbocycles. The first-order valence-corrected chi connectivity index (χ1v) is 6.68. The minimum Gasteiger partial charge on any atom is -0.399 e. The minimum atomic E-state index is -0.0457. The Balaban J connectivity index is 2.33. The van der Waals surface area contributed by atoms with Crippen LogP contribution in [0.4, 0.5) is 11.4 Å². The Morgan fingerprint density at radius 3 is 2.58 bits per heavy atom. The number of nitrogens with zero attached hydrogens (tertiary/aromatic N) is 1. The number of aryl methyl sites for hydroxylation is 1. The van der Waals surface area contributed by atoms with Crippen molar-refractivity contribution in [3.8, 4) is 0 Å².